The van der Waals surface area contributed by atoms with E-state index in [0.29, 0.717) is 5.54 Å². The van der Waals surface area contributed by atoms with E-state index in [9.17, 15) is 4.21 Å². The van der Waals surface area contributed by atoms with Crippen LogP contribution in [0.3, 0.4) is 0 Å². The Morgan fingerprint density at radius 1 is 1.09 bits per heavy atom. The van der Waals surface area contributed by atoms with Crippen molar-refractivity contribution in [1.29, 1.82) is 0 Å². The molecule has 4 nitrogen and oxygen atoms in total. The normalized spacial score (nSPS) is 23.5. The highest BCUT2D eigenvalue weighted by Crippen LogP contribution is 2.41. The van der Waals surface area contributed by atoms with Crippen LogP contribution in [0.2, 0.25) is 0 Å². The lowest BCUT2D eigenvalue weighted by molar-refractivity contribution is 0.134. The smallest absolute Gasteiger partial charge is 0.127 e. The van der Waals surface area contributed by atoms with Gasteiger partial charge < -0.3 is 4.74 Å². The number of hydrogen-bond donors (Lipinski definition) is 0. The van der Waals surface area contributed by atoms with Gasteiger partial charge in [-0.05, 0) is 57.9 Å². The average Bonchev–Trinajstić information content (AvgIpc) is 3.26. The van der Waals surface area contributed by atoms with E-state index < -0.39 is 11.0 Å². The lowest BCUT2D eigenvalue weighted by Gasteiger charge is -2.37. The third-order valence-electron chi connectivity index (χ3n) is 4.61. The molecule has 1 aliphatic carbocycles. The predicted octanol–water partition coefficient (Wildman–Crippen LogP) is 2.67. The molecule has 1 saturated carbocycles. The Bertz CT molecular complexity index is 532. The maximum absolute atomic E-state index is 12.7. The molecule has 0 radical (unpaired) electrons. The van der Waals surface area contributed by atoms with Crippen LogP contribution in [-0.4, -0.2) is 51.2 Å². The van der Waals surface area contributed by atoms with Gasteiger partial charge in [0.1, 0.15) is 16.7 Å². The van der Waals surface area contributed by atoms with Crippen LogP contribution < -0.4 is 4.74 Å². The highest BCUT2D eigenvalue weighted by atomic mass is 32.2. The van der Waals surface area contributed by atoms with Gasteiger partial charge in [-0.3, -0.25) is 4.90 Å². The Hall–Kier alpha value is -0.910. The first-order valence-corrected chi connectivity index (χ1v) is 9.27. The summed E-state index contributed by atoms with van der Waals surface area (Å²) in [6.07, 6.45) is 2.79. The van der Waals surface area contributed by atoms with Crippen molar-refractivity contribution in [3.05, 3.63) is 24.3 Å². The van der Waals surface area contributed by atoms with E-state index in [1.807, 2.05) is 38.1 Å². The lowest BCUT2D eigenvalue weighted by atomic mass is 10.2. The van der Waals surface area contributed by atoms with Crippen molar-refractivity contribution in [1.82, 2.24) is 9.21 Å². The molecule has 1 heterocycles. The van der Waals surface area contributed by atoms with Crippen molar-refractivity contribution in [2.75, 3.05) is 26.2 Å². The van der Waals surface area contributed by atoms with Crippen LogP contribution in [0.5, 0.6) is 5.75 Å². The van der Waals surface area contributed by atoms with Crippen molar-refractivity contribution in [2.24, 2.45) is 0 Å². The largest absolute Gasteiger partial charge is 0.491 e. The third kappa shape index (κ3) is 3.53. The van der Waals surface area contributed by atoms with Gasteiger partial charge in [0.2, 0.25) is 0 Å². The second kappa shape index (κ2) is 6.30. The second-order valence-corrected chi connectivity index (χ2v) is 8.29. The van der Waals surface area contributed by atoms with Crippen LogP contribution in [-0.2, 0) is 11.0 Å². The van der Waals surface area contributed by atoms with Gasteiger partial charge in [0.15, 0.2) is 0 Å². The Balaban J connectivity index is 1.57. The van der Waals surface area contributed by atoms with Gasteiger partial charge in [-0.15, -0.1) is 0 Å². The minimum Gasteiger partial charge on any atom is -0.491 e. The monoisotopic (exact) mass is 322 g/mol. The first-order chi connectivity index (χ1) is 10.5. The fourth-order valence-electron chi connectivity index (χ4n) is 2.95. The van der Waals surface area contributed by atoms with Gasteiger partial charge in [0.05, 0.1) is 11.0 Å². The SMILES string of the molecule is CC(C)Oc1ccc(S(=O)N2CCN(C3(C)CC3)CC2)cc1. The highest BCUT2D eigenvalue weighted by Gasteiger charge is 2.44. The summed E-state index contributed by atoms with van der Waals surface area (Å²) in [6, 6.07) is 7.66. The van der Waals surface area contributed by atoms with Crippen LogP contribution >= 0.6 is 0 Å². The zero-order valence-electron chi connectivity index (χ0n) is 13.7. The zero-order valence-corrected chi connectivity index (χ0v) is 14.6. The average molecular weight is 322 g/mol. The van der Waals surface area contributed by atoms with Gasteiger partial charge in [-0.1, -0.05) is 0 Å². The molecule has 0 spiro atoms. The standard InChI is InChI=1S/C17H26N2O2S/c1-14(2)21-15-4-6-16(7-5-15)22(20)19-12-10-18(11-13-19)17(3)8-9-17/h4-7,14H,8-13H2,1-3H3. The number of hydrogen-bond acceptors (Lipinski definition) is 3. The molecule has 122 valence electrons. The summed E-state index contributed by atoms with van der Waals surface area (Å²) in [6.45, 7) is 10.2. The van der Waals surface area contributed by atoms with Crippen molar-refractivity contribution < 1.29 is 8.95 Å². The number of benzene rings is 1. The van der Waals surface area contributed by atoms with Crippen molar-refractivity contribution in [3.8, 4) is 5.75 Å². The van der Waals surface area contributed by atoms with Gasteiger partial charge in [-0.2, -0.15) is 0 Å². The van der Waals surface area contributed by atoms with Gasteiger partial charge >= 0.3 is 0 Å². The van der Waals surface area contributed by atoms with E-state index in [-0.39, 0.29) is 6.10 Å². The van der Waals surface area contributed by atoms with Crippen LogP contribution in [0.4, 0.5) is 0 Å². The van der Waals surface area contributed by atoms with E-state index in [2.05, 4.69) is 16.1 Å². The molecule has 0 amide bonds. The summed E-state index contributed by atoms with van der Waals surface area (Å²) >= 11 is 0. The minimum absolute atomic E-state index is 0.160. The molecule has 22 heavy (non-hydrogen) atoms. The molecule has 0 bridgehead atoms. The van der Waals surface area contributed by atoms with Crippen molar-refractivity contribution in [3.63, 3.8) is 0 Å². The molecule has 5 heteroatoms. The molecule has 1 aromatic rings. The maximum Gasteiger partial charge on any atom is 0.127 e. The van der Waals surface area contributed by atoms with E-state index in [0.717, 1.165) is 36.8 Å². The van der Waals surface area contributed by atoms with E-state index in [4.69, 9.17) is 4.74 Å². The molecule has 0 N–H and O–H groups in total. The molecule has 1 atom stereocenters. The summed E-state index contributed by atoms with van der Waals surface area (Å²) in [5.41, 5.74) is 0.434. The van der Waals surface area contributed by atoms with Gasteiger partial charge in [0.25, 0.3) is 0 Å². The quantitative estimate of drug-likeness (QED) is 0.835. The molecule has 0 aromatic heterocycles. The molecule has 2 fully saturated rings. The summed E-state index contributed by atoms with van der Waals surface area (Å²) in [7, 11) is -1.06. The van der Waals surface area contributed by atoms with E-state index in [1.54, 1.807) is 0 Å². The number of rotatable bonds is 5. The van der Waals surface area contributed by atoms with Crippen LogP contribution in [0.15, 0.2) is 29.2 Å². The van der Waals surface area contributed by atoms with Gasteiger partial charge in [-0.25, -0.2) is 8.51 Å². The van der Waals surface area contributed by atoms with Crippen molar-refractivity contribution in [2.45, 2.75) is 50.2 Å². The Morgan fingerprint density at radius 3 is 2.18 bits per heavy atom. The summed E-state index contributed by atoms with van der Waals surface area (Å²) in [5.74, 6) is 0.835. The number of piperazine rings is 1. The zero-order chi connectivity index (χ0) is 15.7. The summed E-state index contributed by atoms with van der Waals surface area (Å²) < 4.78 is 20.4. The van der Waals surface area contributed by atoms with Gasteiger partial charge in [0, 0.05) is 31.7 Å². The minimum atomic E-state index is -1.06. The molecular weight excluding hydrogens is 296 g/mol. The Kier molecular flexibility index (Phi) is 4.57. The van der Waals surface area contributed by atoms with Crippen LogP contribution in [0.25, 0.3) is 0 Å². The Labute approximate surface area is 136 Å². The number of ether oxygens (including phenoxy) is 1. The number of nitrogens with zero attached hydrogens (tertiary/aromatic N) is 2. The maximum atomic E-state index is 12.7. The first kappa shape index (κ1) is 16.0. The Morgan fingerprint density at radius 2 is 1.68 bits per heavy atom. The molecule has 1 unspecified atom stereocenters. The molecule has 2 aliphatic rings. The molecule has 1 aliphatic heterocycles. The molecule has 1 saturated heterocycles. The lowest BCUT2D eigenvalue weighted by Crippen LogP contribution is -2.50. The molecular formula is C17H26N2O2S. The predicted molar refractivity (Wildman–Crippen MR) is 89.4 cm³/mol. The third-order valence-corrected chi connectivity index (χ3v) is 6.12. The summed E-state index contributed by atoms with van der Waals surface area (Å²) in [4.78, 5) is 3.42. The fourth-order valence-corrected chi connectivity index (χ4v) is 4.11. The highest BCUT2D eigenvalue weighted by molar-refractivity contribution is 7.82. The molecule has 1 aromatic carbocycles. The molecule has 3 rings (SSSR count). The van der Waals surface area contributed by atoms with Crippen molar-refractivity contribution >= 4 is 11.0 Å². The van der Waals surface area contributed by atoms with E-state index in [1.165, 1.54) is 12.8 Å². The topological polar surface area (TPSA) is 32.8 Å². The second-order valence-electron chi connectivity index (χ2n) is 6.80. The fraction of sp³-hybridized carbons (Fsp3) is 0.647. The first-order valence-electron chi connectivity index (χ1n) is 8.16. The van der Waals surface area contributed by atoms with Crippen LogP contribution in [0, 0.1) is 0 Å². The van der Waals surface area contributed by atoms with E-state index >= 15 is 0 Å². The van der Waals surface area contributed by atoms with Crippen LogP contribution in [0.1, 0.15) is 33.6 Å². The summed E-state index contributed by atoms with van der Waals surface area (Å²) in [5, 5.41) is 0.